The summed E-state index contributed by atoms with van der Waals surface area (Å²) in [6.07, 6.45) is 0. The van der Waals surface area contributed by atoms with Gasteiger partial charge in [-0.1, -0.05) is 11.6 Å². The highest BCUT2D eigenvalue weighted by atomic mass is 35.5. The van der Waals surface area contributed by atoms with E-state index < -0.39 is 0 Å². The number of halogens is 1. The SMILES string of the molecule is COCCOCCOCCOc1ccc(Cl)c(N)c1. The molecule has 19 heavy (non-hydrogen) atoms. The minimum Gasteiger partial charge on any atom is -0.491 e. The number of hydrogen-bond donors (Lipinski definition) is 1. The highest BCUT2D eigenvalue weighted by Crippen LogP contribution is 2.23. The first-order chi connectivity index (χ1) is 9.24. The normalized spacial score (nSPS) is 10.6. The van der Waals surface area contributed by atoms with Gasteiger partial charge in [0.2, 0.25) is 0 Å². The average Bonchev–Trinajstić information content (AvgIpc) is 2.41. The molecule has 0 radical (unpaired) electrons. The Hall–Kier alpha value is -1.01. The lowest BCUT2D eigenvalue weighted by Crippen LogP contribution is -2.12. The van der Waals surface area contributed by atoms with E-state index in [1.807, 2.05) is 0 Å². The Morgan fingerprint density at radius 3 is 2.26 bits per heavy atom. The number of nitrogen functional groups attached to an aromatic ring is 1. The predicted molar refractivity (Wildman–Crippen MR) is 74.9 cm³/mol. The van der Waals surface area contributed by atoms with Gasteiger partial charge in [-0.3, -0.25) is 0 Å². The molecule has 0 heterocycles. The summed E-state index contributed by atoms with van der Waals surface area (Å²) in [5.74, 6) is 0.682. The Morgan fingerprint density at radius 1 is 1.00 bits per heavy atom. The van der Waals surface area contributed by atoms with E-state index in [4.69, 9.17) is 36.3 Å². The minimum absolute atomic E-state index is 0.457. The lowest BCUT2D eigenvalue weighted by molar-refractivity contribution is 0.0180. The maximum atomic E-state index is 5.81. The highest BCUT2D eigenvalue weighted by molar-refractivity contribution is 6.33. The predicted octanol–water partition coefficient (Wildman–Crippen LogP) is 1.98. The van der Waals surface area contributed by atoms with Crippen LogP contribution in [0, 0.1) is 0 Å². The summed E-state index contributed by atoms with van der Waals surface area (Å²) in [7, 11) is 1.64. The number of anilines is 1. The van der Waals surface area contributed by atoms with Gasteiger partial charge in [0.1, 0.15) is 12.4 Å². The van der Waals surface area contributed by atoms with Crippen molar-refractivity contribution in [3.05, 3.63) is 23.2 Å². The van der Waals surface area contributed by atoms with Gasteiger partial charge in [0, 0.05) is 13.2 Å². The van der Waals surface area contributed by atoms with Gasteiger partial charge in [-0.15, -0.1) is 0 Å². The maximum Gasteiger partial charge on any atom is 0.121 e. The van der Waals surface area contributed by atoms with E-state index in [1.165, 1.54) is 0 Å². The lowest BCUT2D eigenvalue weighted by Gasteiger charge is -2.08. The Bertz CT molecular complexity index is 362. The first-order valence-corrected chi connectivity index (χ1v) is 6.44. The van der Waals surface area contributed by atoms with Crippen molar-refractivity contribution in [2.75, 3.05) is 52.5 Å². The molecule has 0 aromatic heterocycles. The second-order valence-electron chi connectivity index (χ2n) is 3.75. The summed E-state index contributed by atoms with van der Waals surface area (Å²) in [5.41, 5.74) is 6.17. The molecular formula is C13H20ClNO4. The van der Waals surface area contributed by atoms with Gasteiger partial charge in [0.05, 0.1) is 43.7 Å². The Balaban J connectivity index is 2.00. The molecule has 6 heteroatoms. The molecule has 0 bridgehead atoms. The third kappa shape index (κ3) is 7.22. The van der Waals surface area contributed by atoms with Crippen molar-refractivity contribution in [1.82, 2.24) is 0 Å². The molecule has 0 unspecified atom stereocenters. The number of ether oxygens (including phenoxy) is 4. The van der Waals surface area contributed by atoms with Crippen LogP contribution in [0.4, 0.5) is 5.69 Å². The van der Waals surface area contributed by atoms with Gasteiger partial charge in [0.25, 0.3) is 0 Å². The third-order valence-corrected chi connectivity index (χ3v) is 2.61. The van der Waals surface area contributed by atoms with Crippen molar-refractivity contribution in [2.45, 2.75) is 0 Å². The standard InChI is InChI=1S/C13H20ClNO4/c1-16-4-5-17-6-7-18-8-9-19-11-2-3-12(14)13(15)10-11/h2-3,10H,4-9,15H2,1H3. The summed E-state index contributed by atoms with van der Waals surface area (Å²) >= 11 is 5.81. The van der Waals surface area contributed by atoms with Crippen LogP contribution >= 0.6 is 11.6 Å². The molecule has 0 saturated heterocycles. The van der Waals surface area contributed by atoms with Crippen LogP contribution in [-0.4, -0.2) is 46.8 Å². The van der Waals surface area contributed by atoms with Crippen LogP contribution < -0.4 is 10.5 Å². The zero-order valence-electron chi connectivity index (χ0n) is 11.1. The molecule has 1 rings (SSSR count). The van der Waals surface area contributed by atoms with Crippen molar-refractivity contribution in [1.29, 1.82) is 0 Å². The zero-order chi connectivity index (χ0) is 13.9. The van der Waals surface area contributed by atoms with Gasteiger partial charge in [0.15, 0.2) is 0 Å². The van der Waals surface area contributed by atoms with E-state index >= 15 is 0 Å². The largest absolute Gasteiger partial charge is 0.491 e. The quantitative estimate of drug-likeness (QED) is 0.527. The monoisotopic (exact) mass is 289 g/mol. The second kappa shape index (κ2) is 9.86. The van der Waals surface area contributed by atoms with Crippen molar-refractivity contribution >= 4 is 17.3 Å². The highest BCUT2D eigenvalue weighted by Gasteiger charge is 1.99. The molecule has 0 aliphatic carbocycles. The molecule has 2 N–H and O–H groups in total. The Labute approximate surface area is 118 Å². The second-order valence-corrected chi connectivity index (χ2v) is 4.16. The molecular weight excluding hydrogens is 270 g/mol. The van der Waals surface area contributed by atoms with E-state index in [0.717, 1.165) is 0 Å². The number of methoxy groups -OCH3 is 1. The van der Waals surface area contributed by atoms with Crippen LogP contribution in [0.1, 0.15) is 0 Å². The number of rotatable bonds is 10. The van der Waals surface area contributed by atoms with Gasteiger partial charge in [-0.2, -0.15) is 0 Å². The van der Waals surface area contributed by atoms with Crippen molar-refractivity contribution in [3.8, 4) is 5.75 Å². The number of benzene rings is 1. The first-order valence-electron chi connectivity index (χ1n) is 6.06. The van der Waals surface area contributed by atoms with Gasteiger partial charge < -0.3 is 24.7 Å². The van der Waals surface area contributed by atoms with Crippen LogP contribution in [0.15, 0.2) is 18.2 Å². The molecule has 0 saturated carbocycles. The summed E-state index contributed by atoms with van der Waals surface area (Å²) in [6, 6.07) is 5.17. The molecule has 0 spiro atoms. The molecule has 1 aromatic carbocycles. The van der Waals surface area contributed by atoms with E-state index in [9.17, 15) is 0 Å². The fourth-order valence-corrected chi connectivity index (χ4v) is 1.41. The molecule has 0 aliphatic heterocycles. The topological polar surface area (TPSA) is 62.9 Å². The van der Waals surface area contributed by atoms with Crippen molar-refractivity contribution in [2.24, 2.45) is 0 Å². The number of hydrogen-bond acceptors (Lipinski definition) is 5. The fourth-order valence-electron chi connectivity index (χ4n) is 1.29. The van der Waals surface area contributed by atoms with E-state index in [2.05, 4.69) is 0 Å². The van der Waals surface area contributed by atoms with Gasteiger partial charge in [-0.25, -0.2) is 0 Å². The van der Waals surface area contributed by atoms with Crippen LogP contribution in [0.3, 0.4) is 0 Å². The zero-order valence-corrected chi connectivity index (χ0v) is 11.8. The van der Waals surface area contributed by atoms with Crippen LogP contribution in [0.25, 0.3) is 0 Å². The molecule has 0 aliphatic rings. The van der Waals surface area contributed by atoms with E-state index in [-0.39, 0.29) is 0 Å². The van der Waals surface area contributed by atoms with E-state index in [0.29, 0.717) is 56.1 Å². The molecule has 0 amide bonds. The van der Waals surface area contributed by atoms with E-state index in [1.54, 1.807) is 25.3 Å². The average molecular weight is 290 g/mol. The number of nitrogens with two attached hydrogens (primary N) is 1. The molecule has 5 nitrogen and oxygen atoms in total. The minimum atomic E-state index is 0.457. The van der Waals surface area contributed by atoms with Crippen molar-refractivity contribution in [3.63, 3.8) is 0 Å². The smallest absolute Gasteiger partial charge is 0.121 e. The molecule has 1 aromatic rings. The summed E-state index contributed by atoms with van der Waals surface area (Å²) < 4.78 is 20.9. The van der Waals surface area contributed by atoms with Crippen LogP contribution in [-0.2, 0) is 14.2 Å². The van der Waals surface area contributed by atoms with Gasteiger partial charge >= 0.3 is 0 Å². The fraction of sp³-hybridized carbons (Fsp3) is 0.538. The lowest BCUT2D eigenvalue weighted by atomic mass is 10.3. The van der Waals surface area contributed by atoms with Crippen molar-refractivity contribution < 1.29 is 18.9 Å². The summed E-state index contributed by atoms with van der Waals surface area (Å²) in [6.45, 7) is 3.23. The van der Waals surface area contributed by atoms with Crippen LogP contribution in [0.5, 0.6) is 5.75 Å². The van der Waals surface area contributed by atoms with Crippen LogP contribution in [0.2, 0.25) is 5.02 Å². The summed E-state index contributed by atoms with van der Waals surface area (Å²) in [4.78, 5) is 0. The molecule has 108 valence electrons. The Morgan fingerprint density at radius 2 is 1.63 bits per heavy atom. The Kier molecular flexibility index (Phi) is 8.33. The molecule has 0 fully saturated rings. The maximum absolute atomic E-state index is 5.81. The third-order valence-electron chi connectivity index (χ3n) is 2.27. The summed E-state index contributed by atoms with van der Waals surface area (Å²) in [5, 5.41) is 0.525. The first kappa shape index (κ1) is 16.0. The van der Waals surface area contributed by atoms with Gasteiger partial charge in [-0.05, 0) is 12.1 Å². The molecule has 0 atom stereocenters.